The molecule has 2 amide bonds. The lowest BCUT2D eigenvalue weighted by Gasteiger charge is -2.28. The largest absolute Gasteiger partial charge is 0.378 e. The van der Waals surface area contributed by atoms with E-state index in [-0.39, 0.29) is 11.8 Å². The van der Waals surface area contributed by atoms with E-state index in [1.54, 1.807) is 24.5 Å². The number of carbonyl (C=O) groups excluding carboxylic acids is 2. The number of fused-ring (bicyclic) bond motifs is 1. The molecule has 2 aliphatic heterocycles. The Kier molecular flexibility index (Phi) is 5.38. The SMILES string of the molecule is Cn1nc(CCC(=O)N2CCOCC2)c2c1CCN(C(=O)c1ccncc1)C2. The molecule has 0 aromatic carbocycles. The maximum atomic E-state index is 12.8. The highest BCUT2D eigenvalue weighted by Crippen LogP contribution is 2.24. The van der Waals surface area contributed by atoms with Crippen LogP contribution in [0.4, 0.5) is 0 Å². The van der Waals surface area contributed by atoms with Crippen LogP contribution in [-0.4, -0.2) is 69.2 Å². The number of pyridine rings is 1. The summed E-state index contributed by atoms with van der Waals surface area (Å²) in [6.07, 6.45) is 5.07. The molecule has 1 saturated heterocycles. The minimum Gasteiger partial charge on any atom is -0.378 e. The van der Waals surface area contributed by atoms with Crippen LogP contribution in [0, 0.1) is 0 Å². The smallest absolute Gasteiger partial charge is 0.254 e. The maximum absolute atomic E-state index is 12.8. The van der Waals surface area contributed by atoms with Gasteiger partial charge in [-0.15, -0.1) is 0 Å². The first-order chi connectivity index (χ1) is 13.6. The Bertz CT molecular complexity index is 858. The lowest BCUT2D eigenvalue weighted by molar-refractivity contribution is -0.135. The number of amides is 2. The highest BCUT2D eigenvalue weighted by atomic mass is 16.5. The molecule has 8 heteroatoms. The second-order valence-corrected chi connectivity index (χ2v) is 7.20. The van der Waals surface area contributed by atoms with E-state index >= 15 is 0 Å². The van der Waals surface area contributed by atoms with E-state index in [1.165, 1.54) is 0 Å². The van der Waals surface area contributed by atoms with Crippen molar-refractivity contribution in [3.05, 3.63) is 47.0 Å². The fraction of sp³-hybridized carbons (Fsp3) is 0.500. The average Bonchev–Trinajstić information content (AvgIpc) is 3.07. The lowest BCUT2D eigenvalue weighted by Crippen LogP contribution is -2.40. The number of hydrogen-bond donors (Lipinski definition) is 0. The molecule has 148 valence electrons. The summed E-state index contributed by atoms with van der Waals surface area (Å²) in [4.78, 5) is 33.0. The Labute approximate surface area is 164 Å². The maximum Gasteiger partial charge on any atom is 0.254 e. The van der Waals surface area contributed by atoms with Crippen LogP contribution in [0.25, 0.3) is 0 Å². The van der Waals surface area contributed by atoms with Gasteiger partial charge < -0.3 is 14.5 Å². The van der Waals surface area contributed by atoms with Gasteiger partial charge in [0.05, 0.1) is 18.9 Å². The van der Waals surface area contributed by atoms with E-state index in [9.17, 15) is 9.59 Å². The zero-order valence-corrected chi connectivity index (χ0v) is 16.1. The van der Waals surface area contributed by atoms with Crippen LogP contribution in [0.1, 0.15) is 33.7 Å². The standard InChI is InChI=1S/C20H25N5O3/c1-23-18-6-9-25(20(27)15-4-7-21-8-5-15)14-16(18)17(22-23)2-3-19(26)24-10-12-28-13-11-24/h4-5,7-8H,2-3,6,9-14H2,1H3. The number of hydrogen-bond acceptors (Lipinski definition) is 5. The van der Waals surface area contributed by atoms with Crippen molar-refractivity contribution >= 4 is 11.8 Å². The van der Waals surface area contributed by atoms with Crippen LogP contribution in [0.5, 0.6) is 0 Å². The van der Waals surface area contributed by atoms with Crippen LogP contribution in [-0.2, 0) is 36.0 Å². The molecule has 2 aromatic rings. The normalized spacial score (nSPS) is 16.8. The van der Waals surface area contributed by atoms with Gasteiger partial charge in [-0.25, -0.2) is 0 Å². The molecule has 1 fully saturated rings. The molecular formula is C20H25N5O3. The molecule has 4 rings (SSSR count). The Morgan fingerprint density at radius 3 is 2.61 bits per heavy atom. The fourth-order valence-electron chi connectivity index (χ4n) is 3.92. The van der Waals surface area contributed by atoms with E-state index in [0.717, 1.165) is 23.4 Å². The van der Waals surface area contributed by atoms with Crippen LogP contribution in [0.3, 0.4) is 0 Å². The first-order valence-electron chi connectivity index (χ1n) is 9.72. The number of aromatic nitrogens is 3. The van der Waals surface area contributed by atoms with E-state index in [1.807, 2.05) is 21.5 Å². The third-order valence-corrected chi connectivity index (χ3v) is 5.48. The third-order valence-electron chi connectivity index (χ3n) is 5.48. The molecule has 8 nitrogen and oxygen atoms in total. The fourth-order valence-corrected chi connectivity index (χ4v) is 3.92. The summed E-state index contributed by atoms with van der Waals surface area (Å²) in [6.45, 7) is 3.74. The highest BCUT2D eigenvalue weighted by molar-refractivity contribution is 5.94. The van der Waals surface area contributed by atoms with Gasteiger partial charge in [0, 0.05) is 81.7 Å². The Hall–Kier alpha value is -2.74. The molecule has 4 heterocycles. The molecule has 0 aliphatic carbocycles. The van der Waals surface area contributed by atoms with Crippen molar-refractivity contribution in [3.8, 4) is 0 Å². The number of ether oxygens (including phenoxy) is 1. The molecule has 0 unspecified atom stereocenters. The van der Waals surface area contributed by atoms with Gasteiger partial charge in [-0.3, -0.25) is 19.3 Å². The molecule has 0 spiro atoms. The summed E-state index contributed by atoms with van der Waals surface area (Å²) in [5.74, 6) is 0.149. The van der Waals surface area contributed by atoms with Gasteiger partial charge in [0.25, 0.3) is 5.91 Å². The van der Waals surface area contributed by atoms with Gasteiger partial charge in [0.1, 0.15) is 0 Å². The topological polar surface area (TPSA) is 80.6 Å². The quantitative estimate of drug-likeness (QED) is 0.780. The molecule has 2 aliphatic rings. The summed E-state index contributed by atoms with van der Waals surface area (Å²) >= 11 is 0. The number of morpholine rings is 1. The van der Waals surface area contributed by atoms with Crippen molar-refractivity contribution in [1.82, 2.24) is 24.6 Å². The minimum atomic E-state index is 0.00671. The first kappa shape index (κ1) is 18.6. The molecule has 0 N–H and O–H groups in total. The summed E-state index contributed by atoms with van der Waals surface area (Å²) in [5.41, 5.74) is 3.82. The van der Waals surface area contributed by atoms with Crippen LogP contribution in [0.2, 0.25) is 0 Å². The average molecular weight is 383 g/mol. The van der Waals surface area contributed by atoms with Crippen molar-refractivity contribution < 1.29 is 14.3 Å². The van der Waals surface area contributed by atoms with Crippen molar-refractivity contribution in [1.29, 1.82) is 0 Å². The highest BCUT2D eigenvalue weighted by Gasteiger charge is 2.27. The minimum absolute atomic E-state index is 0.00671. The second-order valence-electron chi connectivity index (χ2n) is 7.20. The lowest BCUT2D eigenvalue weighted by atomic mass is 10.0. The summed E-state index contributed by atoms with van der Waals surface area (Å²) < 4.78 is 7.21. The molecule has 0 radical (unpaired) electrons. The number of nitrogens with zero attached hydrogens (tertiary/aromatic N) is 5. The van der Waals surface area contributed by atoms with Gasteiger partial charge in [-0.05, 0) is 12.1 Å². The van der Waals surface area contributed by atoms with Gasteiger partial charge in [-0.2, -0.15) is 5.10 Å². The van der Waals surface area contributed by atoms with E-state index in [0.29, 0.717) is 57.8 Å². The second kappa shape index (κ2) is 8.10. The molecular weight excluding hydrogens is 358 g/mol. The van der Waals surface area contributed by atoms with Gasteiger partial charge in [-0.1, -0.05) is 0 Å². The van der Waals surface area contributed by atoms with E-state index in [2.05, 4.69) is 10.1 Å². The van der Waals surface area contributed by atoms with Crippen molar-refractivity contribution in [2.45, 2.75) is 25.8 Å². The Morgan fingerprint density at radius 2 is 1.86 bits per heavy atom. The van der Waals surface area contributed by atoms with E-state index in [4.69, 9.17) is 4.74 Å². The molecule has 0 saturated carbocycles. The molecule has 0 atom stereocenters. The monoisotopic (exact) mass is 383 g/mol. The number of aryl methyl sites for hydroxylation is 2. The van der Waals surface area contributed by atoms with Crippen LogP contribution >= 0.6 is 0 Å². The predicted molar refractivity (Wildman–Crippen MR) is 102 cm³/mol. The molecule has 2 aromatic heterocycles. The zero-order valence-electron chi connectivity index (χ0n) is 16.1. The van der Waals surface area contributed by atoms with Crippen molar-refractivity contribution in [3.63, 3.8) is 0 Å². The van der Waals surface area contributed by atoms with Gasteiger partial charge in [0.2, 0.25) is 5.91 Å². The Morgan fingerprint density at radius 1 is 1.11 bits per heavy atom. The van der Waals surface area contributed by atoms with Crippen molar-refractivity contribution in [2.24, 2.45) is 7.05 Å². The first-order valence-corrected chi connectivity index (χ1v) is 9.72. The van der Waals surface area contributed by atoms with Crippen LogP contribution < -0.4 is 0 Å². The molecule has 0 bridgehead atoms. The van der Waals surface area contributed by atoms with Gasteiger partial charge in [0.15, 0.2) is 0 Å². The predicted octanol–water partition coefficient (Wildman–Crippen LogP) is 0.805. The number of carbonyl (C=O) groups is 2. The van der Waals surface area contributed by atoms with E-state index < -0.39 is 0 Å². The summed E-state index contributed by atoms with van der Waals surface area (Å²) in [6, 6.07) is 3.48. The summed E-state index contributed by atoms with van der Waals surface area (Å²) in [5, 5.41) is 4.65. The van der Waals surface area contributed by atoms with Crippen LogP contribution in [0.15, 0.2) is 24.5 Å². The summed E-state index contributed by atoms with van der Waals surface area (Å²) in [7, 11) is 1.94. The van der Waals surface area contributed by atoms with Gasteiger partial charge >= 0.3 is 0 Å². The third kappa shape index (κ3) is 3.77. The van der Waals surface area contributed by atoms with Crippen molar-refractivity contribution in [2.75, 3.05) is 32.8 Å². The Balaban J connectivity index is 1.45. The molecule has 28 heavy (non-hydrogen) atoms. The number of rotatable bonds is 4. The zero-order chi connectivity index (χ0) is 19.5.